The van der Waals surface area contributed by atoms with Crippen LogP contribution in [0.3, 0.4) is 0 Å². The third-order valence-corrected chi connectivity index (χ3v) is 4.02. The maximum Gasteiger partial charge on any atom is 0.123 e. The van der Waals surface area contributed by atoms with Crippen molar-refractivity contribution in [1.82, 2.24) is 15.3 Å². The smallest absolute Gasteiger partial charge is 0.123 e. The first-order chi connectivity index (χ1) is 8.28. The molecule has 4 nitrogen and oxygen atoms in total. The van der Waals surface area contributed by atoms with Crippen LogP contribution in [0.25, 0.3) is 0 Å². The summed E-state index contributed by atoms with van der Waals surface area (Å²) in [5.41, 5.74) is 0.989. The highest BCUT2D eigenvalue weighted by molar-refractivity contribution is 5.13. The van der Waals surface area contributed by atoms with Gasteiger partial charge in [0.05, 0.1) is 17.9 Å². The summed E-state index contributed by atoms with van der Waals surface area (Å²) in [6.45, 7) is 4.15. The van der Waals surface area contributed by atoms with Gasteiger partial charge in [-0.25, -0.2) is 4.98 Å². The summed E-state index contributed by atoms with van der Waals surface area (Å²) in [4.78, 5) is 7.99. The zero-order chi connectivity index (χ0) is 11.7. The van der Waals surface area contributed by atoms with Crippen LogP contribution < -0.4 is 5.32 Å². The molecule has 0 amide bonds. The standard InChI is InChI=1S/C13H21N3O/c1-13(6-2-3-8-17-13)11-9-15-12(16-11)10-5-4-7-14-10/h9-10,14H,2-8H2,1H3,(H,15,16). The highest BCUT2D eigenvalue weighted by Crippen LogP contribution is 2.34. The molecule has 0 saturated carbocycles. The molecule has 0 aromatic carbocycles. The zero-order valence-electron chi connectivity index (χ0n) is 10.5. The maximum atomic E-state index is 5.94. The molecule has 0 spiro atoms. The molecule has 1 aromatic heterocycles. The quantitative estimate of drug-likeness (QED) is 0.826. The summed E-state index contributed by atoms with van der Waals surface area (Å²) in [7, 11) is 0. The van der Waals surface area contributed by atoms with Crippen LogP contribution in [0, 0.1) is 0 Å². The lowest BCUT2D eigenvalue weighted by Crippen LogP contribution is -2.30. The molecule has 2 aliphatic rings. The fraction of sp³-hybridized carbons (Fsp3) is 0.769. The molecule has 2 atom stereocenters. The Labute approximate surface area is 102 Å². The minimum Gasteiger partial charge on any atom is -0.369 e. The summed E-state index contributed by atoms with van der Waals surface area (Å²) in [6.07, 6.45) is 7.90. The second-order valence-electron chi connectivity index (χ2n) is 5.37. The Morgan fingerprint density at radius 1 is 1.41 bits per heavy atom. The van der Waals surface area contributed by atoms with E-state index in [4.69, 9.17) is 4.74 Å². The number of ether oxygens (including phenoxy) is 1. The molecule has 2 aliphatic heterocycles. The van der Waals surface area contributed by atoms with Crippen molar-refractivity contribution in [2.45, 2.75) is 50.7 Å². The number of aromatic amines is 1. The van der Waals surface area contributed by atoms with Gasteiger partial charge < -0.3 is 15.0 Å². The fourth-order valence-electron chi connectivity index (χ4n) is 2.85. The monoisotopic (exact) mass is 235 g/mol. The first-order valence-electron chi connectivity index (χ1n) is 6.71. The number of aromatic nitrogens is 2. The summed E-state index contributed by atoms with van der Waals surface area (Å²) < 4.78 is 5.94. The van der Waals surface area contributed by atoms with Gasteiger partial charge in [-0.2, -0.15) is 0 Å². The normalized spacial score (nSPS) is 34.1. The van der Waals surface area contributed by atoms with Crippen molar-refractivity contribution in [3.05, 3.63) is 17.7 Å². The van der Waals surface area contributed by atoms with Gasteiger partial charge >= 0.3 is 0 Å². The Bertz CT molecular complexity index is 376. The van der Waals surface area contributed by atoms with Gasteiger partial charge in [0.15, 0.2) is 0 Å². The van der Waals surface area contributed by atoms with E-state index in [9.17, 15) is 0 Å². The Kier molecular flexibility index (Phi) is 2.92. The maximum absolute atomic E-state index is 5.94. The Hall–Kier alpha value is -0.870. The predicted octanol–water partition coefficient (Wildman–Crippen LogP) is 2.25. The summed E-state index contributed by atoms with van der Waals surface area (Å²) in [6, 6.07) is 0.413. The van der Waals surface area contributed by atoms with Crippen molar-refractivity contribution in [1.29, 1.82) is 0 Å². The molecule has 4 heteroatoms. The molecule has 2 saturated heterocycles. The number of hydrogen-bond acceptors (Lipinski definition) is 3. The summed E-state index contributed by atoms with van der Waals surface area (Å²) >= 11 is 0. The van der Waals surface area contributed by atoms with E-state index in [2.05, 4.69) is 22.2 Å². The molecule has 17 heavy (non-hydrogen) atoms. The number of H-pyrrole nitrogens is 1. The zero-order valence-corrected chi connectivity index (χ0v) is 10.5. The largest absolute Gasteiger partial charge is 0.369 e. The second-order valence-corrected chi connectivity index (χ2v) is 5.37. The molecule has 3 rings (SSSR count). The third kappa shape index (κ3) is 2.11. The minimum absolute atomic E-state index is 0.151. The Morgan fingerprint density at radius 2 is 2.35 bits per heavy atom. The highest BCUT2D eigenvalue weighted by atomic mass is 16.5. The lowest BCUT2D eigenvalue weighted by atomic mass is 9.93. The average Bonchev–Trinajstić information content (AvgIpc) is 3.01. The first kappa shape index (κ1) is 11.2. The van der Waals surface area contributed by atoms with E-state index in [1.807, 2.05) is 6.20 Å². The second kappa shape index (κ2) is 4.42. The molecule has 3 heterocycles. The van der Waals surface area contributed by atoms with Gasteiger partial charge in [-0.15, -0.1) is 0 Å². The van der Waals surface area contributed by atoms with E-state index in [0.717, 1.165) is 31.1 Å². The van der Waals surface area contributed by atoms with Crippen molar-refractivity contribution in [2.24, 2.45) is 0 Å². The van der Waals surface area contributed by atoms with Crippen LogP contribution >= 0.6 is 0 Å². The lowest BCUT2D eigenvalue weighted by molar-refractivity contribution is -0.0728. The van der Waals surface area contributed by atoms with E-state index in [1.54, 1.807) is 0 Å². The van der Waals surface area contributed by atoms with E-state index in [1.165, 1.54) is 25.7 Å². The molecule has 2 unspecified atom stereocenters. The van der Waals surface area contributed by atoms with Crippen molar-refractivity contribution >= 4 is 0 Å². The lowest BCUT2D eigenvalue weighted by Gasteiger charge is -2.32. The van der Waals surface area contributed by atoms with Crippen molar-refractivity contribution in [3.63, 3.8) is 0 Å². The van der Waals surface area contributed by atoms with Crippen LogP contribution in [-0.2, 0) is 10.3 Å². The highest BCUT2D eigenvalue weighted by Gasteiger charge is 2.32. The van der Waals surface area contributed by atoms with Gasteiger partial charge in [0.2, 0.25) is 0 Å². The van der Waals surface area contributed by atoms with E-state index >= 15 is 0 Å². The molecule has 0 bridgehead atoms. The number of hydrogen-bond donors (Lipinski definition) is 2. The van der Waals surface area contributed by atoms with Gasteiger partial charge in [0, 0.05) is 6.61 Å². The van der Waals surface area contributed by atoms with E-state index in [0.29, 0.717) is 6.04 Å². The molecule has 0 aliphatic carbocycles. The van der Waals surface area contributed by atoms with Gasteiger partial charge in [-0.3, -0.25) is 0 Å². The first-order valence-corrected chi connectivity index (χ1v) is 6.71. The summed E-state index contributed by atoms with van der Waals surface area (Å²) in [5, 5.41) is 3.47. The predicted molar refractivity (Wildman–Crippen MR) is 65.7 cm³/mol. The molecule has 2 N–H and O–H groups in total. The number of nitrogens with zero attached hydrogens (tertiary/aromatic N) is 1. The van der Waals surface area contributed by atoms with Gasteiger partial charge in [0.1, 0.15) is 11.4 Å². The third-order valence-electron chi connectivity index (χ3n) is 4.02. The molecular formula is C13H21N3O. The van der Waals surface area contributed by atoms with Crippen molar-refractivity contribution in [2.75, 3.05) is 13.2 Å². The van der Waals surface area contributed by atoms with Gasteiger partial charge in [-0.1, -0.05) is 0 Å². The molecule has 1 aromatic rings. The number of imidazole rings is 1. The van der Waals surface area contributed by atoms with Crippen molar-refractivity contribution < 1.29 is 4.74 Å². The van der Waals surface area contributed by atoms with Crippen LogP contribution in [0.2, 0.25) is 0 Å². The molecular weight excluding hydrogens is 214 g/mol. The Balaban J connectivity index is 1.78. The topological polar surface area (TPSA) is 49.9 Å². The van der Waals surface area contributed by atoms with Crippen molar-refractivity contribution in [3.8, 4) is 0 Å². The average molecular weight is 235 g/mol. The summed E-state index contributed by atoms with van der Waals surface area (Å²) in [5.74, 6) is 1.08. The van der Waals surface area contributed by atoms with Crippen LogP contribution in [0.15, 0.2) is 6.20 Å². The van der Waals surface area contributed by atoms with Crippen LogP contribution in [0.4, 0.5) is 0 Å². The SMILES string of the molecule is CC1(c2cnc(C3CCCN3)[nH]2)CCCCO1. The van der Waals surface area contributed by atoms with E-state index in [-0.39, 0.29) is 5.60 Å². The van der Waals surface area contributed by atoms with Crippen LogP contribution in [0.5, 0.6) is 0 Å². The number of nitrogens with one attached hydrogen (secondary N) is 2. The van der Waals surface area contributed by atoms with Crippen LogP contribution in [-0.4, -0.2) is 23.1 Å². The molecule has 0 radical (unpaired) electrons. The molecule has 2 fully saturated rings. The Morgan fingerprint density at radius 3 is 3.06 bits per heavy atom. The van der Waals surface area contributed by atoms with Crippen LogP contribution in [0.1, 0.15) is 56.6 Å². The van der Waals surface area contributed by atoms with Gasteiger partial charge in [0.25, 0.3) is 0 Å². The fourth-order valence-corrected chi connectivity index (χ4v) is 2.85. The van der Waals surface area contributed by atoms with E-state index < -0.39 is 0 Å². The van der Waals surface area contributed by atoms with Gasteiger partial charge in [-0.05, 0) is 45.6 Å². The molecule has 94 valence electrons. The number of rotatable bonds is 2. The minimum atomic E-state index is -0.151.